The zero-order valence-corrected chi connectivity index (χ0v) is 13.0. The van der Waals surface area contributed by atoms with E-state index < -0.39 is 0 Å². The van der Waals surface area contributed by atoms with Crippen molar-refractivity contribution in [1.29, 1.82) is 0 Å². The lowest BCUT2D eigenvalue weighted by Crippen LogP contribution is -2.42. The first kappa shape index (κ1) is 16.2. The van der Waals surface area contributed by atoms with Crippen LogP contribution in [0.5, 0.6) is 0 Å². The summed E-state index contributed by atoms with van der Waals surface area (Å²) in [6, 6.07) is 4.15. The molecule has 1 fully saturated rings. The van der Waals surface area contributed by atoms with E-state index in [1.165, 1.54) is 12.1 Å². The van der Waals surface area contributed by atoms with Crippen LogP contribution in [0.15, 0.2) is 18.2 Å². The minimum absolute atomic E-state index is 0.00437. The molecular weight excluding hydrogens is 295 g/mol. The summed E-state index contributed by atoms with van der Waals surface area (Å²) in [6.45, 7) is 1.24. The van der Waals surface area contributed by atoms with E-state index in [0.29, 0.717) is 24.4 Å². The summed E-state index contributed by atoms with van der Waals surface area (Å²) >= 11 is 5.96. The molecule has 1 aliphatic rings. The van der Waals surface area contributed by atoms with Gasteiger partial charge in [0.2, 0.25) is 5.91 Å². The number of carbonyl (C=O) groups excluding carboxylic acids is 1. The first-order valence-corrected chi connectivity index (χ1v) is 7.33. The fraction of sp³-hybridized carbons (Fsp3) is 0.533. The molecule has 1 aliphatic heterocycles. The van der Waals surface area contributed by atoms with E-state index in [-0.39, 0.29) is 23.9 Å². The van der Waals surface area contributed by atoms with E-state index in [4.69, 9.17) is 16.3 Å². The Labute approximate surface area is 129 Å². The van der Waals surface area contributed by atoms with Crippen molar-refractivity contribution in [3.05, 3.63) is 34.6 Å². The quantitative estimate of drug-likeness (QED) is 0.902. The van der Waals surface area contributed by atoms with Gasteiger partial charge in [0.15, 0.2) is 0 Å². The third kappa shape index (κ3) is 4.15. The van der Waals surface area contributed by atoms with Crippen molar-refractivity contribution in [3.63, 3.8) is 0 Å². The summed E-state index contributed by atoms with van der Waals surface area (Å²) < 4.78 is 18.2. The summed E-state index contributed by atoms with van der Waals surface area (Å²) in [5, 5.41) is 3.29. The molecule has 1 heterocycles. The second-order valence-corrected chi connectivity index (χ2v) is 5.73. The first-order chi connectivity index (χ1) is 10.0. The summed E-state index contributed by atoms with van der Waals surface area (Å²) in [4.78, 5) is 14.1. The topological polar surface area (TPSA) is 41.6 Å². The van der Waals surface area contributed by atoms with Crippen LogP contribution in [0.1, 0.15) is 12.0 Å². The fourth-order valence-electron chi connectivity index (χ4n) is 2.59. The maximum Gasteiger partial charge on any atom is 0.237 e. The Morgan fingerprint density at radius 3 is 2.95 bits per heavy atom. The van der Waals surface area contributed by atoms with Gasteiger partial charge in [-0.2, -0.15) is 0 Å². The van der Waals surface area contributed by atoms with Gasteiger partial charge in [-0.3, -0.25) is 9.69 Å². The Morgan fingerprint density at radius 1 is 1.57 bits per heavy atom. The largest absolute Gasteiger partial charge is 0.380 e. The lowest BCUT2D eigenvalue weighted by atomic mass is 10.1. The predicted molar refractivity (Wildman–Crippen MR) is 80.0 cm³/mol. The molecule has 0 spiro atoms. The number of ether oxygens (including phenoxy) is 1. The molecule has 0 bridgehead atoms. The molecule has 0 radical (unpaired) electrons. The number of likely N-dealkylation sites (N-methyl/N-ethyl adjacent to an activating group) is 1. The van der Waals surface area contributed by atoms with E-state index in [9.17, 15) is 9.18 Å². The van der Waals surface area contributed by atoms with Gasteiger partial charge in [-0.25, -0.2) is 4.39 Å². The van der Waals surface area contributed by atoms with Crippen LogP contribution >= 0.6 is 11.6 Å². The Morgan fingerprint density at radius 2 is 2.33 bits per heavy atom. The number of carbonyl (C=O) groups is 1. The highest BCUT2D eigenvalue weighted by Crippen LogP contribution is 2.19. The second kappa shape index (κ2) is 7.20. The number of amides is 1. The molecule has 21 heavy (non-hydrogen) atoms. The van der Waals surface area contributed by atoms with Crippen molar-refractivity contribution in [2.24, 2.45) is 0 Å². The Balaban J connectivity index is 1.82. The van der Waals surface area contributed by atoms with Crippen molar-refractivity contribution in [3.8, 4) is 0 Å². The normalized spacial score (nSPS) is 22.5. The number of likely N-dealkylation sites (tertiary alicyclic amines) is 1. The van der Waals surface area contributed by atoms with Crippen molar-refractivity contribution >= 4 is 17.5 Å². The van der Waals surface area contributed by atoms with Crippen LogP contribution in [0.3, 0.4) is 0 Å². The van der Waals surface area contributed by atoms with Crippen LogP contribution < -0.4 is 5.32 Å². The molecule has 0 unspecified atom stereocenters. The number of rotatable bonds is 5. The molecule has 0 aromatic heterocycles. The maximum absolute atomic E-state index is 12.9. The van der Waals surface area contributed by atoms with Crippen LogP contribution in [0.25, 0.3) is 0 Å². The molecular formula is C15H20ClFN2O2. The summed E-state index contributed by atoms with van der Waals surface area (Å²) in [7, 11) is 3.58. The molecule has 6 heteroatoms. The first-order valence-electron chi connectivity index (χ1n) is 6.96. The van der Waals surface area contributed by atoms with Gasteiger partial charge in [-0.05, 0) is 37.6 Å². The van der Waals surface area contributed by atoms with Crippen LogP contribution in [-0.4, -0.2) is 50.2 Å². The summed E-state index contributed by atoms with van der Waals surface area (Å²) in [5.74, 6) is -0.360. The number of hydrogen-bond acceptors (Lipinski definition) is 3. The highest BCUT2D eigenvalue weighted by Gasteiger charge is 2.34. The third-order valence-electron chi connectivity index (χ3n) is 3.85. The Hall–Kier alpha value is -1.17. The van der Waals surface area contributed by atoms with E-state index in [1.54, 1.807) is 13.2 Å². The van der Waals surface area contributed by atoms with Gasteiger partial charge in [-0.15, -0.1) is 0 Å². The SMILES string of the molecule is CO[C@H]1C[C@@H](C(=O)NCCc2ccc(F)cc2Cl)N(C)C1. The van der Waals surface area contributed by atoms with Crippen molar-refractivity contribution in [2.75, 3.05) is 27.2 Å². The average Bonchev–Trinajstić information content (AvgIpc) is 2.82. The summed E-state index contributed by atoms with van der Waals surface area (Å²) in [5.41, 5.74) is 0.827. The number of halogens is 2. The van der Waals surface area contributed by atoms with E-state index in [1.807, 2.05) is 11.9 Å². The molecule has 4 nitrogen and oxygen atoms in total. The minimum atomic E-state index is -0.356. The van der Waals surface area contributed by atoms with Gasteiger partial charge in [0.25, 0.3) is 0 Å². The number of benzene rings is 1. The number of hydrogen-bond donors (Lipinski definition) is 1. The Bertz CT molecular complexity index is 512. The molecule has 1 aromatic rings. The maximum atomic E-state index is 12.9. The molecule has 0 aliphatic carbocycles. The lowest BCUT2D eigenvalue weighted by molar-refractivity contribution is -0.125. The van der Waals surface area contributed by atoms with E-state index >= 15 is 0 Å². The van der Waals surface area contributed by atoms with Gasteiger partial charge in [0.05, 0.1) is 12.1 Å². The Kier molecular flexibility index (Phi) is 5.56. The zero-order valence-electron chi connectivity index (χ0n) is 12.2. The minimum Gasteiger partial charge on any atom is -0.380 e. The van der Waals surface area contributed by atoms with Crippen LogP contribution in [-0.2, 0) is 16.0 Å². The molecule has 2 rings (SSSR count). The van der Waals surface area contributed by atoms with Gasteiger partial charge in [-0.1, -0.05) is 17.7 Å². The predicted octanol–water partition coefficient (Wildman–Crippen LogP) is 1.86. The van der Waals surface area contributed by atoms with Gasteiger partial charge in [0.1, 0.15) is 5.82 Å². The fourth-order valence-corrected chi connectivity index (χ4v) is 2.85. The molecule has 1 N–H and O–H groups in total. The highest BCUT2D eigenvalue weighted by atomic mass is 35.5. The van der Waals surface area contributed by atoms with Gasteiger partial charge < -0.3 is 10.1 Å². The number of nitrogens with one attached hydrogen (secondary N) is 1. The number of nitrogens with zero attached hydrogens (tertiary/aromatic N) is 1. The smallest absolute Gasteiger partial charge is 0.237 e. The molecule has 1 amide bonds. The van der Waals surface area contributed by atoms with E-state index in [2.05, 4.69) is 5.32 Å². The van der Waals surface area contributed by atoms with Crippen LogP contribution in [0.2, 0.25) is 5.02 Å². The second-order valence-electron chi connectivity index (χ2n) is 5.33. The van der Waals surface area contributed by atoms with E-state index in [0.717, 1.165) is 12.1 Å². The zero-order chi connectivity index (χ0) is 15.4. The monoisotopic (exact) mass is 314 g/mol. The van der Waals surface area contributed by atoms with Gasteiger partial charge >= 0.3 is 0 Å². The molecule has 2 atom stereocenters. The lowest BCUT2D eigenvalue weighted by Gasteiger charge is -2.18. The number of methoxy groups -OCH3 is 1. The molecule has 1 aromatic carbocycles. The molecule has 1 saturated heterocycles. The molecule has 0 saturated carbocycles. The third-order valence-corrected chi connectivity index (χ3v) is 4.21. The molecule has 116 valence electrons. The summed E-state index contributed by atoms with van der Waals surface area (Å²) in [6.07, 6.45) is 1.39. The van der Waals surface area contributed by atoms with Crippen molar-refractivity contribution in [2.45, 2.75) is 25.0 Å². The van der Waals surface area contributed by atoms with Crippen LogP contribution in [0, 0.1) is 5.82 Å². The van der Waals surface area contributed by atoms with Crippen LogP contribution in [0.4, 0.5) is 4.39 Å². The highest BCUT2D eigenvalue weighted by molar-refractivity contribution is 6.31. The van der Waals surface area contributed by atoms with Crippen molar-refractivity contribution in [1.82, 2.24) is 10.2 Å². The van der Waals surface area contributed by atoms with Crippen molar-refractivity contribution < 1.29 is 13.9 Å². The standard InChI is InChI=1S/C15H20ClFN2O2/c1-19-9-12(21-2)8-14(19)15(20)18-6-5-10-3-4-11(17)7-13(10)16/h3-4,7,12,14H,5-6,8-9H2,1-2H3,(H,18,20)/t12-,14-/m0/s1. The average molecular weight is 315 g/mol. The van der Waals surface area contributed by atoms with Gasteiger partial charge in [0, 0.05) is 25.2 Å².